The first-order valence-corrected chi connectivity index (χ1v) is 6.54. The van der Waals surface area contributed by atoms with Gasteiger partial charge in [-0.25, -0.2) is 9.97 Å². The van der Waals surface area contributed by atoms with Crippen LogP contribution in [0.5, 0.6) is 0 Å². The summed E-state index contributed by atoms with van der Waals surface area (Å²) in [6, 6.07) is 0. The molecule has 0 amide bonds. The van der Waals surface area contributed by atoms with Crippen molar-refractivity contribution in [2.75, 3.05) is 31.6 Å². The van der Waals surface area contributed by atoms with E-state index in [-0.39, 0.29) is 0 Å². The minimum Gasteiger partial charge on any atom is -0.341 e. The van der Waals surface area contributed by atoms with E-state index in [0.29, 0.717) is 5.02 Å². The zero-order valence-electron chi connectivity index (χ0n) is 10.2. The molecule has 94 valence electrons. The Labute approximate surface area is 107 Å². The molecule has 0 atom stereocenters. The van der Waals surface area contributed by atoms with Gasteiger partial charge in [0.15, 0.2) is 0 Å². The second-order valence-electron chi connectivity index (χ2n) is 4.52. The Bertz CT molecular complexity index is 333. The van der Waals surface area contributed by atoms with E-state index in [1.807, 2.05) is 7.05 Å². The van der Waals surface area contributed by atoms with Crippen molar-refractivity contribution >= 4 is 17.5 Å². The van der Waals surface area contributed by atoms with Crippen LogP contribution in [0.15, 0.2) is 12.4 Å². The topological polar surface area (TPSA) is 41.0 Å². The molecular formula is C12H19ClN4. The highest BCUT2D eigenvalue weighted by molar-refractivity contribution is 6.30. The van der Waals surface area contributed by atoms with Crippen LogP contribution in [-0.4, -0.2) is 36.6 Å². The van der Waals surface area contributed by atoms with Gasteiger partial charge in [0.2, 0.25) is 5.95 Å². The summed E-state index contributed by atoms with van der Waals surface area (Å²) in [6.45, 7) is 3.22. The van der Waals surface area contributed by atoms with Crippen molar-refractivity contribution in [1.82, 2.24) is 15.3 Å². The Balaban J connectivity index is 1.84. The predicted octanol–water partition coefficient (Wildman–Crippen LogP) is 1.96. The molecule has 0 aromatic carbocycles. The zero-order valence-corrected chi connectivity index (χ0v) is 11.0. The van der Waals surface area contributed by atoms with Gasteiger partial charge in [-0.3, -0.25) is 0 Å². The van der Waals surface area contributed by atoms with Crippen LogP contribution < -0.4 is 10.2 Å². The van der Waals surface area contributed by atoms with Crippen molar-refractivity contribution in [3.8, 4) is 0 Å². The van der Waals surface area contributed by atoms with Crippen molar-refractivity contribution in [3.63, 3.8) is 0 Å². The van der Waals surface area contributed by atoms with Gasteiger partial charge in [-0.2, -0.15) is 0 Å². The number of aromatic nitrogens is 2. The van der Waals surface area contributed by atoms with Crippen molar-refractivity contribution in [2.24, 2.45) is 5.92 Å². The lowest BCUT2D eigenvalue weighted by Gasteiger charge is -2.31. The average Bonchev–Trinajstić information content (AvgIpc) is 2.38. The van der Waals surface area contributed by atoms with E-state index in [1.165, 1.54) is 19.3 Å². The Morgan fingerprint density at radius 1 is 1.35 bits per heavy atom. The summed E-state index contributed by atoms with van der Waals surface area (Å²) in [6.07, 6.45) is 7.06. The summed E-state index contributed by atoms with van der Waals surface area (Å²) in [5, 5.41) is 3.81. The Morgan fingerprint density at radius 2 is 2.00 bits per heavy atom. The number of hydrogen-bond donors (Lipinski definition) is 1. The monoisotopic (exact) mass is 254 g/mol. The van der Waals surface area contributed by atoms with Gasteiger partial charge in [0.1, 0.15) is 0 Å². The van der Waals surface area contributed by atoms with Crippen molar-refractivity contribution in [3.05, 3.63) is 17.4 Å². The summed E-state index contributed by atoms with van der Waals surface area (Å²) < 4.78 is 0. The van der Waals surface area contributed by atoms with Crippen LogP contribution in [0.1, 0.15) is 19.3 Å². The minimum atomic E-state index is 0.595. The second-order valence-corrected chi connectivity index (χ2v) is 4.96. The molecule has 4 nitrogen and oxygen atoms in total. The number of nitrogens with zero attached hydrogens (tertiary/aromatic N) is 3. The van der Waals surface area contributed by atoms with Crippen molar-refractivity contribution < 1.29 is 0 Å². The fourth-order valence-electron chi connectivity index (χ4n) is 2.24. The van der Waals surface area contributed by atoms with E-state index in [2.05, 4.69) is 20.2 Å². The highest BCUT2D eigenvalue weighted by Gasteiger charge is 2.20. The molecule has 2 heterocycles. The van der Waals surface area contributed by atoms with Gasteiger partial charge in [-0.15, -0.1) is 0 Å². The molecule has 1 N–H and O–H groups in total. The normalized spacial score (nSPS) is 17.4. The van der Waals surface area contributed by atoms with Crippen LogP contribution in [0.2, 0.25) is 5.02 Å². The standard InChI is InChI=1S/C12H19ClN4/c1-14-5-2-10-3-6-17(7-4-10)12-15-8-11(13)9-16-12/h8-10,14H,2-7H2,1H3. The summed E-state index contributed by atoms with van der Waals surface area (Å²) in [4.78, 5) is 10.8. The van der Waals surface area contributed by atoms with E-state index < -0.39 is 0 Å². The molecule has 1 aliphatic rings. The van der Waals surface area contributed by atoms with E-state index in [0.717, 1.165) is 31.5 Å². The molecule has 1 aliphatic heterocycles. The van der Waals surface area contributed by atoms with Gasteiger partial charge in [0.25, 0.3) is 0 Å². The third kappa shape index (κ3) is 3.54. The highest BCUT2D eigenvalue weighted by Crippen LogP contribution is 2.22. The number of rotatable bonds is 4. The lowest BCUT2D eigenvalue weighted by atomic mass is 9.94. The van der Waals surface area contributed by atoms with Crippen LogP contribution in [0.4, 0.5) is 5.95 Å². The minimum absolute atomic E-state index is 0.595. The highest BCUT2D eigenvalue weighted by atomic mass is 35.5. The third-order valence-electron chi connectivity index (χ3n) is 3.31. The molecule has 17 heavy (non-hydrogen) atoms. The first-order valence-electron chi connectivity index (χ1n) is 6.16. The second kappa shape index (κ2) is 6.17. The van der Waals surface area contributed by atoms with Gasteiger partial charge >= 0.3 is 0 Å². The summed E-state index contributed by atoms with van der Waals surface area (Å²) in [5.74, 6) is 1.65. The maximum Gasteiger partial charge on any atom is 0.225 e. The first-order chi connectivity index (χ1) is 8.29. The molecule has 0 aliphatic carbocycles. The largest absolute Gasteiger partial charge is 0.341 e. The number of anilines is 1. The Hall–Kier alpha value is -0.870. The zero-order chi connectivity index (χ0) is 12.1. The number of halogens is 1. The fourth-order valence-corrected chi connectivity index (χ4v) is 2.34. The molecule has 2 rings (SSSR count). The molecule has 1 fully saturated rings. The molecule has 1 aromatic heterocycles. The number of piperidine rings is 1. The van der Waals surface area contributed by atoms with Crippen LogP contribution in [-0.2, 0) is 0 Å². The molecule has 0 spiro atoms. The molecule has 0 radical (unpaired) electrons. The molecular weight excluding hydrogens is 236 g/mol. The van der Waals surface area contributed by atoms with Crippen LogP contribution in [0, 0.1) is 5.92 Å². The number of nitrogens with one attached hydrogen (secondary N) is 1. The van der Waals surface area contributed by atoms with E-state index >= 15 is 0 Å². The maximum absolute atomic E-state index is 5.78. The van der Waals surface area contributed by atoms with Gasteiger partial charge in [-0.1, -0.05) is 11.6 Å². The molecule has 1 saturated heterocycles. The van der Waals surface area contributed by atoms with Crippen LogP contribution >= 0.6 is 11.6 Å². The van der Waals surface area contributed by atoms with Crippen LogP contribution in [0.3, 0.4) is 0 Å². The first kappa shape index (κ1) is 12.6. The third-order valence-corrected chi connectivity index (χ3v) is 3.50. The predicted molar refractivity (Wildman–Crippen MR) is 70.5 cm³/mol. The van der Waals surface area contributed by atoms with E-state index in [1.54, 1.807) is 12.4 Å². The summed E-state index contributed by atoms with van der Waals surface area (Å²) in [7, 11) is 2.01. The summed E-state index contributed by atoms with van der Waals surface area (Å²) >= 11 is 5.78. The van der Waals surface area contributed by atoms with Gasteiger partial charge in [-0.05, 0) is 38.8 Å². The SMILES string of the molecule is CNCCC1CCN(c2ncc(Cl)cn2)CC1. The Kier molecular flexibility index (Phi) is 4.57. The molecule has 1 aromatic rings. The van der Waals surface area contributed by atoms with Crippen molar-refractivity contribution in [1.29, 1.82) is 0 Å². The molecule has 0 saturated carbocycles. The average molecular weight is 255 g/mol. The Morgan fingerprint density at radius 3 is 2.59 bits per heavy atom. The fraction of sp³-hybridized carbons (Fsp3) is 0.667. The lowest BCUT2D eigenvalue weighted by Crippen LogP contribution is -2.35. The van der Waals surface area contributed by atoms with Gasteiger partial charge < -0.3 is 10.2 Å². The van der Waals surface area contributed by atoms with E-state index in [9.17, 15) is 0 Å². The van der Waals surface area contributed by atoms with Crippen molar-refractivity contribution in [2.45, 2.75) is 19.3 Å². The molecule has 0 unspecified atom stereocenters. The smallest absolute Gasteiger partial charge is 0.225 e. The molecule has 0 bridgehead atoms. The van der Waals surface area contributed by atoms with Gasteiger partial charge in [0.05, 0.1) is 17.4 Å². The lowest BCUT2D eigenvalue weighted by molar-refractivity contribution is 0.375. The summed E-state index contributed by atoms with van der Waals surface area (Å²) in [5.41, 5.74) is 0. The number of hydrogen-bond acceptors (Lipinski definition) is 4. The maximum atomic E-state index is 5.78. The quantitative estimate of drug-likeness (QED) is 0.892. The van der Waals surface area contributed by atoms with Crippen LogP contribution in [0.25, 0.3) is 0 Å². The molecule has 5 heteroatoms. The van der Waals surface area contributed by atoms with E-state index in [4.69, 9.17) is 11.6 Å². The van der Waals surface area contributed by atoms with Gasteiger partial charge in [0, 0.05) is 13.1 Å².